The fraction of sp³-hybridized carbons (Fsp3) is 0.714. The molecule has 0 saturated carbocycles. The molecule has 1 aliphatic rings. The van der Waals surface area contributed by atoms with Crippen molar-refractivity contribution in [2.75, 3.05) is 13.2 Å². The summed E-state index contributed by atoms with van der Waals surface area (Å²) in [4.78, 5) is 0. The van der Waals surface area contributed by atoms with Crippen LogP contribution in [0, 0.1) is 0 Å². The van der Waals surface area contributed by atoms with E-state index in [1.807, 2.05) is 20.8 Å². The summed E-state index contributed by atoms with van der Waals surface area (Å²) >= 11 is 0. The van der Waals surface area contributed by atoms with Gasteiger partial charge in [-0.25, -0.2) is 13.1 Å². The lowest BCUT2D eigenvalue weighted by atomic mass is 10.1. The average molecular weight is 316 g/mol. The second-order valence-corrected chi connectivity index (χ2v) is 8.01. The number of ether oxygens (including phenoxy) is 1. The summed E-state index contributed by atoms with van der Waals surface area (Å²) in [5.74, 6) is 0.599. The van der Waals surface area contributed by atoms with Crippen LogP contribution in [0.15, 0.2) is 21.6 Å². The second kappa shape index (κ2) is 6.48. The molecule has 6 nitrogen and oxygen atoms in total. The van der Waals surface area contributed by atoms with Gasteiger partial charge in [-0.05, 0) is 45.7 Å². The zero-order chi connectivity index (χ0) is 15.5. The highest BCUT2D eigenvalue weighted by molar-refractivity contribution is 7.89. The summed E-state index contributed by atoms with van der Waals surface area (Å²) in [6.45, 7) is 7.60. The molecule has 2 heterocycles. The van der Waals surface area contributed by atoms with Crippen molar-refractivity contribution in [2.45, 2.75) is 56.9 Å². The molecule has 1 aromatic heterocycles. The normalized spacial score (nSPS) is 20.0. The van der Waals surface area contributed by atoms with Gasteiger partial charge in [-0.3, -0.25) is 0 Å². The second-order valence-electron chi connectivity index (χ2n) is 6.31. The van der Waals surface area contributed by atoms with E-state index >= 15 is 0 Å². The molecule has 0 aromatic carbocycles. The first-order chi connectivity index (χ1) is 9.76. The van der Waals surface area contributed by atoms with Gasteiger partial charge in [0.1, 0.15) is 5.76 Å². The molecular weight excluding hydrogens is 292 g/mol. The summed E-state index contributed by atoms with van der Waals surface area (Å²) < 4.78 is 37.6. The Kier molecular flexibility index (Phi) is 5.08. The molecule has 0 spiro atoms. The fourth-order valence-corrected chi connectivity index (χ4v) is 3.04. The van der Waals surface area contributed by atoms with Gasteiger partial charge in [0.25, 0.3) is 10.0 Å². The molecule has 21 heavy (non-hydrogen) atoms. The lowest BCUT2D eigenvalue weighted by molar-refractivity contribution is 0.114. The topological polar surface area (TPSA) is 80.6 Å². The maximum atomic E-state index is 12.1. The zero-order valence-corrected chi connectivity index (χ0v) is 13.6. The third-order valence-corrected chi connectivity index (χ3v) is 4.52. The van der Waals surface area contributed by atoms with Crippen LogP contribution in [-0.2, 0) is 21.3 Å². The molecule has 1 fully saturated rings. The number of rotatable bonds is 6. The summed E-state index contributed by atoms with van der Waals surface area (Å²) in [7, 11) is -3.61. The van der Waals surface area contributed by atoms with Gasteiger partial charge in [-0.15, -0.1) is 0 Å². The maximum absolute atomic E-state index is 12.1. The van der Waals surface area contributed by atoms with E-state index < -0.39 is 10.0 Å². The molecule has 7 heteroatoms. The van der Waals surface area contributed by atoms with Crippen LogP contribution in [0.4, 0.5) is 0 Å². The van der Waals surface area contributed by atoms with Crippen molar-refractivity contribution >= 4 is 10.0 Å². The van der Waals surface area contributed by atoms with E-state index in [9.17, 15) is 8.42 Å². The summed E-state index contributed by atoms with van der Waals surface area (Å²) in [6.07, 6.45) is 1.84. The van der Waals surface area contributed by atoms with Gasteiger partial charge in [0.2, 0.25) is 5.09 Å². The number of nitrogens with one attached hydrogen (secondary N) is 2. The van der Waals surface area contributed by atoms with Gasteiger partial charge in [0, 0.05) is 18.7 Å². The van der Waals surface area contributed by atoms with Crippen molar-refractivity contribution in [1.29, 1.82) is 0 Å². The molecule has 120 valence electrons. The van der Waals surface area contributed by atoms with E-state index in [1.165, 1.54) is 6.07 Å². The van der Waals surface area contributed by atoms with Crippen LogP contribution >= 0.6 is 0 Å². The van der Waals surface area contributed by atoms with Gasteiger partial charge in [0.05, 0.1) is 12.6 Å². The first-order valence-corrected chi connectivity index (χ1v) is 8.70. The third-order valence-electron chi connectivity index (χ3n) is 3.22. The molecule has 0 aliphatic carbocycles. The average Bonchev–Trinajstić information content (AvgIpc) is 3.05. The predicted molar refractivity (Wildman–Crippen MR) is 79.5 cm³/mol. The van der Waals surface area contributed by atoms with Crippen molar-refractivity contribution < 1.29 is 17.6 Å². The number of hydrogen-bond acceptors (Lipinski definition) is 5. The standard InChI is InChI=1S/C14H24N2O4S/c1-14(2,3)15-9-12-6-7-13(20-12)21(17,18)16-10-11-5-4-8-19-11/h6-7,11,15-16H,4-5,8-10H2,1-3H3. The molecule has 1 aromatic rings. The molecule has 0 bridgehead atoms. The maximum Gasteiger partial charge on any atom is 0.274 e. The lowest BCUT2D eigenvalue weighted by Crippen LogP contribution is -2.34. The van der Waals surface area contributed by atoms with Crippen LogP contribution in [0.2, 0.25) is 0 Å². The summed E-state index contributed by atoms with van der Waals surface area (Å²) in [6, 6.07) is 3.16. The SMILES string of the molecule is CC(C)(C)NCc1ccc(S(=O)(=O)NCC2CCCO2)o1. The Bertz CT molecular complexity index is 554. The number of furan rings is 1. The van der Waals surface area contributed by atoms with Crippen LogP contribution in [0.5, 0.6) is 0 Å². The molecule has 2 N–H and O–H groups in total. The van der Waals surface area contributed by atoms with E-state index in [-0.39, 0.29) is 16.7 Å². The van der Waals surface area contributed by atoms with Crippen molar-refractivity contribution in [3.05, 3.63) is 17.9 Å². The van der Waals surface area contributed by atoms with Gasteiger partial charge < -0.3 is 14.5 Å². The molecule has 1 atom stereocenters. The van der Waals surface area contributed by atoms with Crippen LogP contribution in [0.3, 0.4) is 0 Å². The first-order valence-electron chi connectivity index (χ1n) is 7.21. The van der Waals surface area contributed by atoms with Gasteiger partial charge in [0.15, 0.2) is 0 Å². The highest BCUT2D eigenvalue weighted by Gasteiger charge is 2.23. The smallest absolute Gasteiger partial charge is 0.274 e. The minimum atomic E-state index is -3.61. The van der Waals surface area contributed by atoms with E-state index in [2.05, 4.69) is 10.0 Å². The molecular formula is C14H24N2O4S. The van der Waals surface area contributed by atoms with Crippen molar-refractivity contribution in [3.8, 4) is 0 Å². The minimum absolute atomic E-state index is 0.0308. The fourth-order valence-electron chi connectivity index (χ4n) is 2.03. The summed E-state index contributed by atoms with van der Waals surface area (Å²) in [5, 5.41) is 3.20. The molecule has 1 unspecified atom stereocenters. The lowest BCUT2D eigenvalue weighted by Gasteiger charge is -2.19. The Hall–Kier alpha value is -0.890. The zero-order valence-electron chi connectivity index (χ0n) is 12.8. The summed E-state index contributed by atoms with van der Waals surface area (Å²) in [5.41, 5.74) is -0.0517. The van der Waals surface area contributed by atoms with Gasteiger partial charge in [-0.2, -0.15) is 0 Å². The largest absolute Gasteiger partial charge is 0.447 e. The van der Waals surface area contributed by atoms with Crippen LogP contribution in [0.1, 0.15) is 39.4 Å². The first kappa shape index (κ1) is 16.5. The molecule has 1 saturated heterocycles. The molecule has 1 aliphatic heterocycles. The van der Waals surface area contributed by atoms with E-state index in [0.29, 0.717) is 25.5 Å². The Morgan fingerprint density at radius 1 is 1.33 bits per heavy atom. The molecule has 2 rings (SSSR count). The Morgan fingerprint density at radius 2 is 2.10 bits per heavy atom. The molecule has 0 amide bonds. The Balaban J connectivity index is 1.92. The highest BCUT2D eigenvalue weighted by Crippen LogP contribution is 2.16. The Morgan fingerprint density at radius 3 is 2.71 bits per heavy atom. The monoisotopic (exact) mass is 316 g/mol. The van der Waals surface area contributed by atoms with Gasteiger partial charge in [-0.1, -0.05) is 0 Å². The number of sulfonamides is 1. The highest BCUT2D eigenvalue weighted by atomic mass is 32.2. The van der Waals surface area contributed by atoms with Crippen molar-refractivity contribution in [1.82, 2.24) is 10.0 Å². The third kappa shape index (κ3) is 5.10. The van der Waals surface area contributed by atoms with Crippen molar-refractivity contribution in [3.63, 3.8) is 0 Å². The van der Waals surface area contributed by atoms with Crippen LogP contribution < -0.4 is 10.0 Å². The van der Waals surface area contributed by atoms with E-state index in [0.717, 1.165) is 12.8 Å². The molecule has 0 radical (unpaired) electrons. The van der Waals surface area contributed by atoms with Gasteiger partial charge >= 0.3 is 0 Å². The van der Waals surface area contributed by atoms with E-state index in [4.69, 9.17) is 9.15 Å². The number of hydrogen-bond donors (Lipinski definition) is 2. The van der Waals surface area contributed by atoms with E-state index in [1.54, 1.807) is 6.07 Å². The predicted octanol–water partition coefficient (Wildman–Crippen LogP) is 1.62. The van der Waals surface area contributed by atoms with Crippen LogP contribution in [-0.4, -0.2) is 33.2 Å². The quantitative estimate of drug-likeness (QED) is 0.833. The van der Waals surface area contributed by atoms with Crippen LogP contribution in [0.25, 0.3) is 0 Å². The minimum Gasteiger partial charge on any atom is -0.447 e. The Labute approximate surface area is 126 Å². The van der Waals surface area contributed by atoms with Crippen molar-refractivity contribution in [2.24, 2.45) is 0 Å².